The van der Waals surface area contributed by atoms with E-state index < -0.39 is 55.4 Å². The Bertz CT molecular complexity index is 1010. The quantitative estimate of drug-likeness (QED) is 0.0294. The number of rotatable bonds is 33. The molecule has 0 aromatic heterocycles. The molecule has 6 unspecified atom stereocenters. The van der Waals surface area contributed by atoms with Crippen molar-refractivity contribution in [3.63, 3.8) is 0 Å². The summed E-state index contributed by atoms with van der Waals surface area (Å²) in [6.07, 6.45) is 31.2. The number of unbranched alkanes of at least 4 members (excludes halogenated alkanes) is 14. The van der Waals surface area contributed by atoms with Crippen molar-refractivity contribution in [2.75, 3.05) is 19.8 Å². The highest BCUT2D eigenvalue weighted by atomic mass is 16.7. The number of aliphatic hydroxyl groups is 4. The highest BCUT2D eigenvalue weighted by Gasteiger charge is 2.44. The maximum absolute atomic E-state index is 12.7. The molecular formula is C43H74O10. The lowest BCUT2D eigenvalue weighted by molar-refractivity contribution is -0.305. The van der Waals surface area contributed by atoms with Crippen LogP contribution in [-0.4, -0.2) is 89.0 Å². The summed E-state index contributed by atoms with van der Waals surface area (Å²) in [5.41, 5.74) is 0. The van der Waals surface area contributed by atoms with Gasteiger partial charge in [-0.1, -0.05) is 114 Å². The van der Waals surface area contributed by atoms with E-state index in [0.29, 0.717) is 12.8 Å². The molecule has 4 N–H and O–H groups in total. The molecule has 0 aromatic carbocycles. The van der Waals surface area contributed by atoms with Gasteiger partial charge in [0.2, 0.25) is 0 Å². The second-order valence-electron chi connectivity index (χ2n) is 14.1. The van der Waals surface area contributed by atoms with E-state index in [1.807, 2.05) is 0 Å². The Morgan fingerprint density at radius 1 is 0.585 bits per heavy atom. The van der Waals surface area contributed by atoms with Crippen molar-refractivity contribution in [2.45, 2.75) is 192 Å². The van der Waals surface area contributed by atoms with Crippen LogP contribution in [0.25, 0.3) is 0 Å². The molecule has 10 nitrogen and oxygen atoms in total. The summed E-state index contributed by atoms with van der Waals surface area (Å²) in [4.78, 5) is 25.2. The molecule has 0 bridgehead atoms. The minimum atomic E-state index is -1.60. The van der Waals surface area contributed by atoms with E-state index in [2.05, 4.69) is 62.5 Å². The fraction of sp³-hybridized carbons (Fsp3) is 0.767. The van der Waals surface area contributed by atoms with E-state index in [4.69, 9.17) is 18.9 Å². The highest BCUT2D eigenvalue weighted by Crippen LogP contribution is 2.22. The van der Waals surface area contributed by atoms with Gasteiger partial charge < -0.3 is 39.4 Å². The number of allylic oxidation sites excluding steroid dienone is 8. The molecule has 0 aliphatic carbocycles. The Morgan fingerprint density at radius 3 is 1.58 bits per heavy atom. The van der Waals surface area contributed by atoms with Gasteiger partial charge in [-0.15, -0.1) is 0 Å². The lowest BCUT2D eigenvalue weighted by Crippen LogP contribution is -2.59. The van der Waals surface area contributed by atoms with Crippen molar-refractivity contribution in [3.8, 4) is 0 Å². The van der Waals surface area contributed by atoms with Gasteiger partial charge in [-0.3, -0.25) is 9.59 Å². The third-order valence-electron chi connectivity index (χ3n) is 9.19. The van der Waals surface area contributed by atoms with Crippen LogP contribution in [0.4, 0.5) is 0 Å². The largest absolute Gasteiger partial charge is 0.462 e. The van der Waals surface area contributed by atoms with Crippen molar-refractivity contribution in [2.24, 2.45) is 0 Å². The molecule has 0 saturated carbocycles. The maximum atomic E-state index is 12.7. The van der Waals surface area contributed by atoms with Crippen molar-refractivity contribution in [1.29, 1.82) is 0 Å². The van der Waals surface area contributed by atoms with Crippen LogP contribution in [0, 0.1) is 0 Å². The van der Waals surface area contributed by atoms with E-state index in [0.717, 1.165) is 70.6 Å². The van der Waals surface area contributed by atoms with Crippen LogP contribution >= 0.6 is 0 Å². The number of aliphatic hydroxyl groups excluding tert-OH is 4. The van der Waals surface area contributed by atoms with Gasteiger partial charge in [0.15, 0.2) is 12.4 Å². The van der Waals surface area contributed by atoms with Gasteiger partial charge in [-0.25, -0.2) is 0 Å². The van der Waals surface area contributed by atoms with Gasteiger partial charge in [0.05, 0.1) is 13.2 Å². The average Bonchev–Trinajstić information content (AvgIpc) is 3.15. The zero-order chi connectivity index (χ0) is 38.8. The van der Waals surface area contributed by atoms with Crippen molar-refractivity contribution < 1.29 is 49.0 Å². The molecular weight excluding hydrogens is 676 g/mol. The highest BCUT2D eigenvalue weighted by molar-refractivity contribution is 5.70. The minimum absolute atomic E-state index is 0.195. The summed E-state index contributed by atoms with van der Waals surface area (Å²) >= 11 is 0. The Balaban J connectivity index is 2.40. The maximum Gasteiger partial charge on any atom is 0.306 e. The molecule has 1 heterocycles. The first-order chi connectivity index (χ1) is 25.8. The Kier molecular flexibility index (Phi) is 31.4. The first-order valence-electron chi connectivity index (χ1n) is 20.7. The van der Waals surface area contributed by atoms with E-state index >= 15 is 0 Å². The van der Waals surface area contributed by atoms with Gasteiger partial charge in [0, 0.05) is 12.8 Å². The van der Waals surface area contributed by atoms with Crippen LogP contribution in [0.3, 0.4) is 0 Å². The summed E-state index contributed by atoms with van der Waals surface area (Å²) in [6.45, 7) is 3.30. The first-order valence-corrected chi connectivity index (χ1v) is 20.7. The fourth-order valence-corrected chi connectivity index (χ4v) is 5.83. The molecule has 1 aliphatic heterocycles. The zero-order valence-corrected chi connectivity index (χ0v) is 33.0. The van der Waals surface area contributed by atoms with Crippen LogP contribution in [-0.2, 0) is 28.5 Å². The van der Waals surface area contributed by atoms with Gasteiger partial charge in [0.1, 0.15) is 31.0 Å². The number of carbonyl (C=O) groups excluding carboxylic acids is 2. The number of esters is 2. The monoisotopic (exact) mass is 751 g/mol. The summed E-state index contributed by atoms with van der Waals surface area (Å²) in [5.74, 6) is -0.856. The topological polar surface area (TPSA) is 152 Å². The second kappa shape index (κ2) is 34.2. The molecule has 53 heavy (non-hydrogen) atoms. The van der Waals surface area contributed by atoms with Crippen LogP contribution < -0.4 is 0 Å². The van der Waals surface area contributed by atoms with E-state index in [1.165, 1.54) is 44.9 Å². The fourth-order valence-electron chi connectivity index (χ4n) is 5.83. The number of carbonyl (C=O) groups is 2. The molecule has 1 fully saturated rings. The SMILES string of the molecule is CCCCCC=CCC=CCCCCCCCC(=O)OCC(COC1OC(CO)C(O)C(O)C1O)OC(=O)CCCCCC=CCC=CCCCCC. The van der Waals surface area contributed by atoms with Crippen LogP contribution in [0.15, 0.2) is 48.6 Å². The standard InChI is InChI=1S/C43H74O10/c1-3-5-7-9-11-13-15-17-18-20-21-23-25-27-29-31-38(45)50-34-36(35-51-43-42(49)41(48)40(47)37(33-44)53-43)52-39(46)32-30-28-26-24-22-19-16-14-12-10-8-6-4-2/h11-14,17-19,22,36-37,40-44,47-49H,3-10,15-16,20-21,23-35H2,1-2H3. The molecule has 0 amide bonds. The van der Waals surface area contributed by atoms with Crippen molar-refractivity contribution in [3.05, 3.63) is 48.6 Å². The predicted molar refractivity (Wildman–Crippen MR) is 210 cm³/mol. The molecule has 0 spiro atoms. The molecule has 1 saturated heterocycles. The zero-order valence-electron chi connectivity index (χ0n) is 33.0. The number of ether oxygens (including phenoxy) is 4. The van der Waals surface area contributed by atoms with Gasteiger partial charge in [-0.05, 0) is 77.0 Å². The third kappa shape index (κ3) is 26.2. The molecule has 6 atom stereocenters. The predicted octanol–water partition coefficient (Wildman–Crippen LogP) is 8.10. The lowest BCUT2D eigenvalue weighted by atomic mass is 9.99. The minimum Gasteiger partial charge on any atom is -0.462 e. The number of hydrogen-bond donors (Lipinski definition) is 4. The average molecular weight is 751 g/mol. The summed E-state index contributed by atoms with van der Waals surface area (Å²) in [7, 11) is 0. The van der Waals surface area contributed by atoms with Crippen molar-refractivity contribution >= 4 is 11.9 Å². The van der Waals surface area contributed by atoms with E-state index in [-0.39, 0.29) is 26.1 Å². The molecule has 0 radical (unpaired) electrons. The van der Waals surface area contributed by atoms with Crippen molar-refractivity contribution in [1.82, 2.24) is 0 Å². The Hall–Kier alpha value is -2.34. The van der Waals surface area contributed by atoms with Crippen LogP contribution in [0.2, 0.25) is 0 Å². The van der Waals surface area contributed by atoms with Gasteiger partial charge in [0.25, 0.3) is 0 Å². The Morgan fingerprint density at radius 2 is 1.06 bits per heavy atom. The summed E-state index contributed by atoms with van der Waals surface area (Å²) in [6, 6.07) is 0. The van der Waals surface area contributed by atoms with Crippen LogP contribution in [0.1, 0.15) is 155 Å². The summed E-state index contributed by atoms with van der Waals surface area (Å²) < 4.78 is 22.1. The second-order valence-corrected chi connectivity index (χ2v) is 14.1. The normalized spacial score (nSPS) is 21.4. The lowest BCUT2D eigenvalue weighted by Gasteiger charge is -2.39. The van der Waals surface area contributed by atoms with E-state index in [9.17, 15) is 30.0 Å². The van der Waals surface area contributed by atoms with Gasteiger partial charge >= 0.3 is 11.9 Å². The number of hydrogen-bond acceptors (Lipinski definition) is 10. The van der Waals surface area contributed by atoms with Gasteiger partial charge in [-0.2, -0.15) is 0 Å². The molecule has 0 aromatic rings. The molecule has 1 rings (SSSR count). The Labute approximate surface area is 320 Å². The van der Waals surface area contributed by atoms with Crippen LogP contribution in [0.5, 0.6) is 0 Å². The third-order valence-corrected chi connectivity index (χ3v) is 9.19. The molecule has 1 aliphatic rings. The summed E-state index contributed by atoms with van der Waals surface area (Å²) in [5, 5.41) is 40.0. The molecule has 306 valence electrons. The smallest absolute Gasteiger partial charge is 0.306 e. The first kappa shape index (κ1) is 48.7. The van der Waals surface area contributed by atoms with E-state index in [1.54, 1.807) is 0 Å². The molecule has 10 heteroatoms.